The molecular formula is C11H12BrClN2O2. The van der Waals surface area contributed by atoms with E-state index in [1.54, 1.807) is 6.20 Å². The van der Waals surface area contributed by atoms with Crippen molar-refractivity contribution in [2.45, 2.75) is 6.04 Å². The molecule has 1 atom stereocenters. The minimum absolute atomic E-state index is 0. The summed E-state index contributed by atoms with van der Waals surface area (Å²) in [5.41, 5.74) is 7.48. The molecule has 0 spiro atoms. The predicted molar refractivity (Wildman–Crippen MR) is 72.2 cm³/mol. The van der Waals surface area contributed by atoms with Crippen LogP contribution in [-0.4, -0.2) is 18.1 Å². The van der Waals surface area contributed by atoms with Crippen LogP contribution in [0.2, 0.25) is 0 Å². The average molecular weight is 320 g/mol. The van der Waals surface area contributed by atoms with Crippen molar-refractivity contribution < 1.29 is 9.53 Å². The number of hydrogen-bond donors (Lipinski definition) is 2. The summed E-state index contributed by atoms with van der Waals surface area (Å²) in [6.07, 6.45) is 1.73. The quantitative estimate of drug-likeness (QED) is 0.836. The molecule has 0 bridgehead atoms. The normalized spacial score (nSPS) is 11.9. The Balaban J connectivity index is 0.00000144. The van der Waals surface area contributed by atoms with Crippen molar-refractivity contribution in [3.05, 3.63) is 34.4 Å². The zero-order valence-electron chi connectivity index (χ0n) is 9.07. The van der Waals surface area contributed by atoms with Gasteiger partial charge in [-0.2, -0.15) is 0 Å². The first-order valence-corrected chi connectivity index (χ1v) is 5.52. The van der Waals surface area contributed by atoms with Crippen molar-refractivity contribution in [2.24, 2.45) is 5.73 Å². The van der Waals surface area contributed by atoms with Gasteiger partial charge < -0.3 is 15.5 Å². The fraction of sp³-hybridized carbons (Fsp3) is 0.182. The van der Waals surface area contributed by atoms with Crippen molar-refractivity contribution in [1.29, 1.82) is 0 Å². The standard InChI is InChI=1S/C11H11BrN2O2.ClH/c1-16-11(15)10(13)8-5-14-9-3-2-6(12)4-7(8)9;/h2-5,10,14H,13H2,1H3;1H/t10-;/m0./s1. The smallest absolute Gasteiger partial charge is 0.327 e. The molecule has 0 radical (unpaired) electrons. The highest BCUT2D eigenvalue weighted by molar-refractivity contribution is 9.10. The molecule has 1 aromatic heterocycles. The molecule has 3 N–H and O–H groups in total. The van der Waals surface area contributed by atoms with Gasteiger partial charge in [0.15, 0.2) is 0 Å². The van der Waals surface area contributed by atoms with E-state index in [1.165, 1.54) is 7.11 Å². The molecule has 1 heterocycles. The summed E-state index contributed by atoms with van der Waals surface area (Å²) in [6.45, 7) is 0. The van der Waals surface area contributed by atoms with E-state index >= 15 is 0 Å². The van der Waals surface area contributed by atoms with E-state index in [4.69, 9.17) is 5.73 Å². The highest BCUT2D eigenvalue weighted by atomic mass is 79.9. The predicted octanol–water partition coefficient (Wildman–Crippen LogP) is 2.52. The van der Waals surface area contributed by atoms with Crippen molar-refractivity contribution in [3.8, 4) is 0 Å². The number of methoxy groups -OCH3 is 1. The summed E-state index contributed by atoms with van der Waals surface area (Å²) < 4.78 is 5.57. The van der Waals surface area contributed by atoms with Crippen LogP contribution < -0.4 is 5.73 Å². The van der Waals surface area contributed by atoms with Crippen molar-refractivity contribution >= 4 is 45.2 Å². The number of benzene rings is 1. The number of aromatic nitrogens is 1. The molecule has 0 aliphatic rings. The number of esters is 1. The van der Waals surface area contributed by atoms with E-state index in [0.717, 1.165) is 20.9 Å². The van der Waals surface area contributed by atoms with Gasteiger partial charge in [0.2, 0.25) is 0 Å². The maximum Gasteiger partial charge on any atom is 0.327 e. The van der Waals surface area contributed by atoms with Crippen LogP contribution in [0.1, 0.15) is 11.6 Å². The average Bonchev–Trinajstić information content (AvgIpc) is 2.69. The van der Waals surface area contributed by atoms with E-state index in [2.05, 4.69) is 25.7 Å². The number of aromatic amines is 1. The van der Waals surface area contributed by atoms with Gasteiger partial charge in [-0.05, 0) is 18.2 Å². The number of nitrogens with two attached hydrogens (primary N) is 1. The lowest BCUT2D eigenvalue weighted by molar-refractivity contribution is -0.142. The van der Waals surface area contributed by atoms with E-state index in [-0.39, 0.29) is 12.4 Å². The number of ether oxygens (including phenoxy) is 1. The van der Waals surface area contributed by atoms with Gasteiger partial charge in [-0.1, -0.05) is 15.9 Å². The Kier molecular flexibility index (Phi) is 4.56. The number of rotatable bonds is 2. The lowest BCUT2D eigenvalue weighted by Crippen LogP contribution is -2.22. The molecule has 2 aromatic rings. The largest absolute Gasteiger partial charge is 0.468 e. The first kappa shape index (κ1) is 14.0. The molecule has 0 amide bonds. The summed E-state index contributed by atoms with van der Waals surface area (Å²) in [4.78, 5) is 14.4. The highest BCUT2D eigenvalue weighted by Gasteiger charge is 2.19. The molecule has 92 valence electrons. The molecule has 0 aliphatic carbocycles. The SMILES string of the molecule is COC(=O)[C@@H](N)c1c[nH]c2ccc(Br)cc12.Cl. The van der Waals surface area contributed by atoms with Crippen LogP contribution in [0.5, 0.6) is 0 Å². The second-order valence-corrected chi connectivity index (χ2v) is 4.35. The Morgan fingerprint density at radius 1 is 1.53 bits per heavy atom. The molecule has 0 saturated carbocycles. The monoisotopic (exact) mass is 318 g/mol. The van der Waals surface area contributed by atoms with Crippen LogP contribution >= 0.6 is 28.3 Å². The lowest BCUT2D eigenvalue weighted by Gasteiger charge is -2.07. The zero-order valence-corrected chi connectivity index (χ0v) is 11.5. The van der Waals surface area contributed by atoms with Crippen LogP contribution in [0.3, 0.4) is 0 Å². The highest BCUT2D eigenvalue weighted by Crippen LogP contribution is 2.26. The third kappa shape index (κ3) is 2.62. The molecule has 2 rings (SSSR count). The molecule has 17 heavy (non-hydrogen) atoms. The molecule has 0 fully saturated rings. The minimum Gasteiger partial charge on any atom is -0.468 e. The number of H-pyrrole nitrogens is 1. The number of hydrogen-bond acceptors (Lipinski definition) is 3. The van der Waals surface area contributed by atoms with Crippen LogP contribution in [-0.2, 0) is 9.53 Å². The molecule has 0 unspecified atom stereocenters. The first-order valence-electron chi connectivity index (χ1n) is 4.73. The second-order valence-electron chi connectivity index (χ2n) is 3.43. The molecule has 4 nitrogen and oxygen atoms in total. The number of carbonyl (C=O) groups is 1. The van der Waals surface area contributed by atoms with Crippen LogP contribution in [0.15, 0.2) is 28.9 Å². The van der Waals surface area contributed by atoms with Crippen molar-refractivity contribution in [1.82, 2.24) is 4.98 Å². The molecule has 1 aromatic carbocycles. The van der Waals surface area contributed by atoms with Crippen molar-refractivity contribution in [2.75, 3.05) is 7.11 Å². The summed E-state index contributed by atoms with van der Waals surface area (Å²) >= 11 is 3.38. The van der Waals surface area contributed by atoms with Gasteiger partial charge in [0.05, 0.1) is 7.11 Å². The fourth-order valence-corrected chi connectivity index (χ4v) is 1.99. The van der Waals surface area contributed by atoms with E-state index in [9.17, 15) is 4.79 Å². The van der Waals surface area contributed by atoms with Gasteiger partial charge in [0.25, 0.3) is 0 Å². The van der Waals surface area contributed by atoms with Gasteiger partial charge in [0.1, 0.15) is 6.04 Å². The van der Waals surface area contributed by atoms with Gasteiger partial charge in [-0.3, -0.25) is 4.79 Å². The minimum atomic E-state index is -0.756. The summed E-state index contributed by atoms with van der Waals surface area (Å²) in [5.74, 6) is -0.444. The Hall–Kier alpha value is -1.04. The molecule has 0 saturated heterocycles. The Labute approximate surface area is 113 Å². The lowest BCUT2D eigenvalue weighted by atomic mass is 10.1. The van der Waals surface area contributed by atoms with Gasteiger partial charge >= 0.3 is 5.97 Å². The number of fused-ring (bicyclic) bond motifs is 1. The molecule has 6 heteroatoms. The third-order valence-corrected chi connectivity index (χ3v) is 2.96. The third-order valence-electron chi connectivity index (χ3n) is 2.47. The van der Waals surface area contributed by atoms with Crippen LogP contribution in [0.25, 0.3) is 10.9 Å². The topological polar surface area (TPSA) is 68.1 Å². The summed E-state index contributed by atoms with van der Waals surface area (Å²) in [5, 5.41) is 0.923. The number of carbonyl (C=O) groups excluding carboxylic acids is 1. The Morgan fingerprint density at radius 3 is 2.88 bits per heavy atom. The van der Waals surface area contributed by atoms with Crippen molar-refractivity contribution in [3.63, 3.8) is 0 Å². The first-order chi connectivity index (χ1) is 7.63. The number of halogens is 2. The van der Waals surface area contributed by atoms with Gasteiger partial charge in [0, 0.05) is 27.1 Å². The zero-order chi connectivity index (χ0) is 11.7. The molecular weight excluding hydrogens is 307 g/mol. The van der Waals surface area contributed by atoms with Gasteiger partial charge in [-0.25, -0.2) is 0 Å². The van der Waals surface area contributed by atoms with E-state index in [1.807, 2.05) is 18.2 Å². The van der Waals surface area contributed by atoms with Gasteiger partial charge in [-0.15, -0.1) is 12.4 Å². The Bertz CT molecular complexity index is 541. The maximum atomic E-state index is 11.4. The van der Waals surface area contributed by atoms with E-state index in [0.29, 0.717) is 0 Å². The Morgan fingerprint density at radius 2 is 2.24 bits per heavy atom. The van der Waals surface area contributed by atoms with Crippen LogP contribution in [0, 0.1) is 0 Å². The summed E-state index contributed by atoms with van der Waals surface area (Å²) in [7, 11) is 1.33. The number of nitrogens with one attached hydrogen (secondary N) is 1. The fourth-order valence-electron chi connectivity index (χ4n) is 1.63. The maximum absolute atomic E-state index is 11.4. The summed E-state index contributed by atoms with van der Waals surface area (Å²) in [6, 6.07) is 5.01. The van der Waals surface area contributed by atoms with E-state index < -0.39 is 12.0 Å². The second kappa shape index (κ2) is 5.53. The van der Waals surface area contributed by atoms with Crippen LogP contribution in [0.4, 0.5) is 0 Å². The molecule has 0 aliphatic heterocycles.